The Morgan fingerprint density at radius 1 is 1.16 bits per heavy atom. The lowest BCUT2D eigenvalue weighted by Gasteiger charge is -2.23. The Hall–Kier alpha value is -2.12. The first kappa shape index (κ1) is 17.7. The van der Waals surface area contributed by atoms with Gasteiger partial charge in [0.2, 0.25) is 5.91 Å². The Balaban J connectivity index is 1.51. The van der Waals surface area contributed by atoms with Crippen LogP contribution in [0.2, 0.25) is 0 Å². The number of amides is 2. The molecule has 25 heavy (non-hydrogen) atoms. The molecule has 2 N–H and O–H groups in total. The topological polar surface area (TPSA) is 80.6 Å². The average molecular weight is 407 g/mol. The molecule has 6 nitrogen and oxygen atoms in total. The van der Waals surface area contributed by atoms with E-state index in [1.807, 2.05) is 12.1 Å². The lowest BCUT2D eigenvalue weighted by atomic mass is 10.1. The zero-order chi connectivity index (χ0) is 17.6. The fraction of sp³-hybridized carbons (Fsp3) is 0.333. The van der Waals surface area contributed by atoms with Gasteiger partial charge in [-0.25, -0.2) is 0 Å². The summed E-state index contributed by atoms with van der Waals surface area (Å²) in [6.07, 6.45) is 2.24. The number of hydrogen-bond acceptors (Lipinski definition) is 4. The molecule has 0 saturated carbocycles. The number of carbonyl (C=O) groups is 2. The van der Waals surface area contributed by atoms with Gasteiger partial charge in [-0.15, -0.1) is 0 Å². The Morgan fingerprint density at radius 3 is 2.60 bits per heavy atom. The van der Waals surface area contributed by atoms with Gasteiger partial charge in [0.1, 0.15) is 0 Å². The van der Waals surface area contributed by atoms with E-state index in [9.17, 15) is 9.59 Å². The van der Waals surface area contributed by atoms with Gasteiger partial charge in [-0.2, -0.15) is 0 Å². The third kappa shape index (κ3) is 5.17. The normalized spacial score (nSPS) is 17.1. The summed E-state index contributed by atoms with van der Waals surface area (Å²) in [7, 11) is 0. The van der Waals surface area contributed by atoms with Crippen molar-refractivity contribution < 1.29 is 18.7 Å². The number of furan rings is 1. The molecule has 1 fully saturated rings. The van der Waals surface area contributed by atoms with E-state index in [0.29, 0.717) is 23.4 Å². The molecule has 0 spiro atoms. The van der Waals surface area contributed by atoms with E-state index in [-0.39, 0.29) is 23.6 Å². The summed E-state index contributed by atoms with van der Waals surface area (Å²) < 4.78 is 11.1. The van der Waals surface area contributed by atoms with Crippen LogP contribution in [0.4, 0.5) is 5.69 Å². The molecule has 3 rings (SSSR count). The van der Waals surface area contributed by atoms with Crippen LogP contribution in [-0.4, -0.2) is 31.1 Å². The predicted molar refractivity (Wildman–Crippen MR) is 96.5 cm³/mol. The van der Waals surface area contributed by atoms with E-state index in [1.54, 1.807) is 24.3 Å². The first-order valence-electron chi connectivity index (χ1n) is 8.13. The number of anilines is 1. The monoisotopic (exact) mass is 406 g/mol. The van der Waals surface area contributed by atoms with Crippen molar-refractivity contribution in [3.63, 3.8) is 0 Å². The number of benzene rings is 1. The van der Waals surface area contributed by atoms with Gasteiger partial charge in [-0.3, -0.25) is 9.59 Å². The minimum absolute atomic E-state index is 0.0206. The molecule has 7 heteroatoms. The second-order valence-corrected chi connectivity index (χ2v) is 6.69. The smallest absolute Gasteiger partial charge is 0.291 e. The number of carbonyl (C=O) groups excluding carboxylic acids is 2. The molecule has 2 amide bonds. The number of halogens is 1. The Labute approximate surface area is 154 Å². The molecular weight excluding hydrogens is 388 g/mol. The molecule has 2 aromatic rings. The number of ether oxygens (including phenoxy) is 1. The quantitative estimate of drug-likeness (QED) is 0.798. The van der Waals surface area contributed by atoms with Gasteiger partial charge in [-0.1, -0.05) is 12.1 Å². The van der Waals surface area contributed by atoms with Gasteiger partial charge in [-0.05, 0) is 58.6 Å². The highest BCUT2D eigenvalue weighted by molar-refractivity contribution is 9.10. The number of rotatable bonds is 5. The summed E-state index contributed by atoms with van der Waals surface area (Å²) in [6.45, 7) is 1.36. The second-order valence-electron chi connectivity index (χ2n) is 5.91. The van der Waals surface area contributed by atoms with Crippen molar-refractivity contribution in [2.45, 2.75) is 25.3 Å². The molecule has 1 unspecified atom stereocenters. The predicted octanol–water partition coefficient (Wildman–Crippen LogP) is 3.13. The maximum Gasteiger partial charge on any atom is 0.291 e. The van der Waals surface area contributed by atoms with E-state index in [1.165, 1.54) is 0 Å². The fourth-order valence-electron chi connectivity index (χ4n) is 2.65. The van der Waals surface area contributed by atoms with Crippen molar-refractivity contribution >= 4 is 33.4 Å². The molecular formula is C18H19BrN2O4. The minimum atomic E-state index is -0.325. The molecule has 1 aromatic carbocycles. The molecule has 2 heterocycles. The van der Waals surface area contributed by atoms with Crippen molar-refractivity contribution in [1.29, 1.82) is 0 Å². The minimum Gasteiger partial charge on any atom is -0.444 e. The van der Waals surface area contributed by atoms with Crippen LogP contribution in [0.5, 0.6) is 0 Å². The number of nitrogens with one attached hydrogen (secondary N) is 2. The van der Waals surface area contributed by atoms with Gasteiger partial charge in [0.15, 0.2) is 10.4 Å². The van der Waals surface area contributed by atoms with E-state index in [0.717, 1.165) is 25.0 Å². The lowest BCUT2D eigenvalue weighted by Crippen LogP contribution is -2.41. The summed E-state index contributed by atoms with van der Waals surface area (Å²) >= 11 is 3.16. The molecule has 1 aliphatic rings. The summed E-state index contributed by atoms with van der Waals surface area (Å²) in [4.78, 5) is 24.1. The molecule has 0 aliphatic carbocycles. The first-order chi connectivity index (χ1) is 12.1. The molecule has 1 saturated heterocycles. The van der Waals surface area contributed by atoms with Gasteiger partial charge in [0, 0.05) is 12.3 Å². The Kier molecular flexibility index (Phi) is 5.88. The zero-order valence-corrected chi connectivity index (χ0v) is 15.2. The highest BCUT2D eigenvalue weighted by atomic mass is 79.9. The van der Waals surface area contributed by atoms with Crippen molar-refractivity contribution in [3.05, 3.63) is 52.4 Å². The third-order valence-corrected chi connectivity index (χ3v) is 4.33. The zero-order valence-electron chi connectivity index (χ0n) is 13.6. The summed E-state index contributed by atoms with van der Waals surface area (Å²) in [5.74, 6) is -0.119. The van der Waals surface area contributed by atoms with Crippen molar-refractivity contribution in [2.75, 3.05) is 18.5 Å². The van der Waals surface area contributed by atoms with Crippen molar-refractivity contribution in [3.8, 4) is 0 Å². The van der Waals surface area contributed by atoms with Gasteiger partial charge >= 0.3 is 0 Å². The van der Waals surface area contributed by atoms with Crippen molar-refractivity contribution in [1.82, 2.24) is 5.32 Å². The standard InChI is InChI=1S/C18H19BrN2O4/c19-16-8-7-15(25-16)18(23)21-13-5-3-12(4-6-13)10-17(22)20-14-2-1-9-24-11-14/h3-8,14H,1-2,9-11H2,(H,20,22)(H,21,23). The van der Waals surface area contributed by atoms with Crippen LogP contribution in [0.15, 0.2) is 45.5 Å². The largest absolute Gasteiger partial charge is 0.444 e. The highest BCUT2D eigenvalue weighted by Gasteiger charge is 2.16. The summed E-state index contributed by atoms with van der Waals surface area (Å²) in [6, 6.07) is 10.5. The van der Waals surface area contributed by atoms with Crippen LogP contribution in [0.25, 0.3) is 0 Å². The maximum absolute atomic E-state index is 12.1. The van der Waals surface area contributed by atoms with Crippen LogP contribution in [0.1, 0.15) is 29.0 Å². The molecule has 1 aromatic heterocycles. The molecule has 0 bridgehead atoms. The van der Waals surface area contributed by atoms with Crippen LogP contribution in [-0.2, 0) is 16.0 Å². The summed E-state index contributed by atoms with van der Waals surface area (Å²) in [5.41, 5.74) is 1.52. The maximum atomic E-state index is 12.1. The first-order valence-corrected chi connectivity index (χ1v) is 8.92. The SMILES string of the molecule is O=C(Cc1ccc(NC(=O)c2ccc(Br)o2)cc1)NC1CCCOC1. The number of hydrogen-bond donors (Lipinski definition) is 2. The van der Waals surface area contributed by atoms with E-state index >= 15 is 0 Å². The molecule has 1 aliphatic heterocycles. The van der Waals surface area contributed by atoms with Gasteiger partial charge in [0.25, 0.3) is 5.91 Å². The summed E-state index contributed by atoms with van der Waals surface area (Å²) in [5, 5.41) is 5.73. The molecule has 1 atom stereocenters. The third-order valence-electron chi connectivity index (χ3n) is 3.90. The van der Waals surface area contributed by atoms with Gasteiger partial charge < -0.3 is 19.8 Å². The average Bonchev–Trinajstić information content (AvgIpc) is 3.04. The fourth-order valence-corrected chi connectivity index (χ4v) is 2.96. The van der Waals surface area contributed by atoms with Crippen LogP contribution in [0.3, 0.4) is 0 Å². The Morgan fingerprint density at radius 2 is 1.96 bits per heavy atom. The van der Waals surface area contributed by atoms with Crippen molar-refractivity contribution in [2.24, 2.45) is 0 Å². The Bertz CT molecular complexity index is 736. The lowest BCUT2D eigenvalue weighted by molar-refractivity contribution is -0.122. The second kappa shape index (κ2) is 8.31. The molecule has 132 valence electrons. The van der Waals surface area contributed by atoms with Crippen LogP contribution >= 0.6 is 15.9 Å². The van der Waals surface area contributed by atoms with Gasteiger partial charge in [0.05, 0.1) is 19.1 Å². The highest BCUT2D eigenvalue weighted by Crippen LogP contribution is 2.16. The van der Waals surface area contributed by atoms with Crippen LogP contribution < -0.4 is 10.6 Å². The van der Waals surface area contributed by atoms with E-state index < -0.39 is 0 Å². The van der Waals surface area contributed by atoms with E-state index in [2.05, 4.69) is 26.6 Å². The van der Waals surface area contributed by atoms with Crippen LogP contribution in [0, 0.1) is 0 Å². The molecule has 0 radical (unpaired) electrons. The van der Waals surface area contributed by atoms with E-state index in [4.69, 9.17) is 9.15 Å².